The maximum atomic E-state index is 13.2. The zero-order valence-electron chi connectivity index (χ0n) is 25.9. The number of rotatable bonds is 9. The molecule has 2 heterocycles. The molecule has 50 heavy (non-hydrogen) atoms. The summed E-state index contributed by atoms with van der Waals surface area (Å²) in [5.74, 6) is 0.175. The predicted octanol–water partition coefficient (Wildman–Crippen LogP) is 5.63. The first-order valence-electron chi connectivity index (χ1n) is 14.3. The van der Waals surface area contributed by atoms with E-state index in [0.29, 0.717) is 28.3 Å². The van der Waals surface area contributed by atoms with Crippen molar-refractivity contribution in [2.75, 3.05) is 11.9 Å². The summed E-state index contributed by atoms with van der Waals surface area (Å²) in [5, 5.41) is 22.1. The van der Waals surface area contributed by atoms with Gasteiger partial charge in [-0.05, 0) is 78.9 Å². The van der Waals surface area contributed by atoms with Crippen LogP contribution in [0.4, 0.5) is 13.2 Å². The van der Waals surface area contributed by atoms with Crippen molar-refractivity contribution in [3.8, 4) is 40.0 Å². The Hall–Kier alpha value is -5.96. The lowest BCUT2D eigenvalue weighted by molar-refractivity contribution is 0.145. The molecule has 0 aliphatic carbocycles. The molecule has 0 unspecified atom stereocenters. The summed E-state index contributed by atoms with van der Waals surface area (Å²) < 4.78 is 94.3. The van der Waals surface area contributed by atoms with E-state index >= 15 is 0 Å². The maximum Gasteiger partial charge on any atom is 0.282 e. The number of ether oxygens (including phenoxy) is 1. The van der Waals surface area contributed by atoms with Gasteiger partial charge >= 0.3 is 0 Å². The summed E-state index contributed by atoms with van der Waals surface area (Å²) in [4.78, 5) is 3.15. The second-order valence-corrected chi connectivity index (χ2v) is 13.5. The first-order chi connectivity index (χ1) is 23.8. The van der Waals surface area contributed by atoms with Gasteiger partial charge in [0.15, 0.2) is 5.69 Å². The van der Waals surface area contributed by atoms with Crippen LogP contribution < -0.4 is 14.7 Å². The molecule has 0 fully saturated rings. The Kier molecular flexibility index (Phi) is 10.4. The zero-order valence-corrected chi connectivity index (χ0v) is 27.5. The van der Waals surface area contributed by atoms with Crippen molar-refractivity contribution in [3.63, 3.8) is 0 Å². The minimum atomic E-state index is -4.07. The Bertz CT molecular complexity index is 2380. The molecule has 4 aromatic carbocycles. The number of para-hydroxylation sites is 1. The Morgan fingerprint density at radius 3 is 2.02 bits per heavy atom. The fraction of sp³-hybridized carbons (Fsp3) is 0.0606. The van der Waals surface area contributed by atoms with Gasteiger partial charge in [-0.3, -0.25) is 0 Å². The smallest absolute Gasteiger partial charge is 0.282 e. The van der Waals surface area contributed by atoms with Crippen LogP contribution in [0, 0.1) is 17.1 Å². The van der Waals surface area contributed by atoms with E-state index in [-0.39, 0.29) is 21.2 Å². The minimum absolute atomic E-state index is 0.0325. The molecule has 0 saturated carbocycles. The number of nitriles is 1. The molecule has 12 nitrogen and oxygen atoms in total. The lowest BCUT2D eigenvalue weighted by Crippen LogP contribution is -2.25. The number of nitrogens with one attached hydrogen (secondary N) is 1. The number of nitrogens with two attached hydrogens (primary N) is 1. The molecule has 0 amide bonds. The van der Waals surface area contributed by atoms with Crippen molar-refractivity contribution in [1.82, 2.24) is 19.7 Å². The van der Waals surface area contributed by atoms with Gasteiger partial charge in [-0.2, -0.15) is 28.4 Å². The van der Waals surface area contributed by atoms with Gasteiger partial charge in [0.2, 0.25) is 10.0 Å². The van der Waals surface area contributed by atoms with Gasteiger partial charge < -0.3 is 4.74 Å². The molecule has 0 aliphatic heterocycles. The number of sulfonamides is 2. The Morgan fingerprint density at radius 2 is 1.42 bits per heavy atom. The normalized spacial score (nSPS) is 11.4. The minimum Gasteiger partial charge on any atom is -0.497 e. The van der Waals surface area contributed by atoms with Crippen LogP contribution in [-0.4, -0.2) is 43.6 Å². The molecular formula is C33H26F3N7O5S2. The fourth-order valence-corrected chi connectivity index (χ4v) is 6.33. The summed E-state index contributed by atoms with van der Waals surface area (Å²) >= 11 is 0. The molecule has 17 heteroatoms. The number of hydrogen-bond acceptors (Lipinski definition) is 8. The van der Waals surface area contributed by atoms with Gasteiger partial charge in [0.1, 0.15) is 28.2 Å². The number of halogens is 3. The van der Waals surface area contributed by atoms with E-state index in [1.807, 2.05) is 6.07 Å². The zero-order chi connectivity index (χ0) is 36.1. The Balaban J connectivity index is 0.000000195. The summed E-state index contributed by atoms with van der Waals surface area (Å²) in [6.45, 7) is 0. The highest BCUT2D eigenvalue weighted by Crippen LogP contribution is 2.31. The number of nitrogens with zero attached hydrogens (tertiary/aromatic N) is 5. The summed E-state index contributed by atoms with van der Waals surface area (Å²) in [7, 11) is -6.44. The number of hydrogen-bond donors (Lipinski definition) is 2. The van der Waals surface area contributed by atoms with Gasteiger partial charge in [0.05, 0.1) is 29.1 Å². The van der Waals surface area contributed by atoms with Crippen LogP contribution in [0.2, 0.25) is 0 Å². The molecule has 0 aliphatic rings. The van der Waals surface area contributed by atoms with E-state index < -0.39 is 38.0 Å². The van der Waals surface area contributed by atoms with Gasteiger partial charge in [0.25, 0.3) is 16.4 Å². The van der Waals surface area contributed by atoms with Crippen LogP contribution >= 0.6 is 0 Å². The van der Waals surface area contributed by atoms with Crippen molar-refractivity contribution < 1.29 is 34.7 Å². The second-order valence-electron chi connectivity index (χ2n) is 10.3. The van der Waals surface area contributed by atoms with Crippen LogP contribution in [0.3, 0.4) is 0 Å². The quantitative estimate of drug-likeness (QED) is 0.193. The highest BCUT2D eigenvalue weighted by molar-refractivity contribution is 7.92. The van der Waals surface area contributed by atoms with Gasteiger partial charge in [0, 0.05) is 17.2 Å². The molecule has 0 bridgehead atoms. The Labute approximate surface area is 284 Å². The Morgan fingerprint density at radius 1 is 0.820 bits per heavy atom. The highest BCUT2D eigenvalue weighted by atomic mass is 32.2. The third-order valence-corrected chi connectivity index (χ3v) is 9.23. The number of benzene rings is 4. The topological polar surface area (TPSA) is 175 Å². The SMILES string of the molecule is COc1ccc(-c2cc(C(F)F)nn2-c2ccccc2S(N)(=O)=O)cc1.N#Cc1cc(-c2ccc(F)cc2)n(NS(=O)(=O)c2ccccc2)n1. The molecule has 0 spiro atoms. The van der Waals surface area contributed by atoms with E-state index in [4.69, 9.17) is 15.1 Å². The van der Waals surface area contributed by atoms with Crippen LogP contribution in [0.1, 0.15) is 17.8 Å². The van der Waals surface area contributed by atoms with Crippen LogP contribution in [0.15, 0.2) is 125 Å². The monoisotopic (exact) mass is 721 g/mol. The summed E-state index contributed by atoms with van der Waals surface area (Å²) in [5.41, 5.74) is 1.36. The number of methoxy groups -OCH3 is 1. The van der Waals surface area contributed by atoms with Crippen molar-refractivity contribution in [2.24, 2.45) is 5.14 Å². The van der Waals surface area contributed by atoms with Crippen molar-refractivity contribution in [1.29, 1.82) is 5.26 Å². The fourth-order valence-electron chi connectivity index (χ4n) is 4.63. The van der Waals surface area contributed by atoms with Gasteiger partial charge in [-0.25, -0.2) is 31.4 Å². The molecule has 0 radical (unpaired) electrons. The summed E-state index contributed by atoms with van der Waals surface area (Å²) in [6, 6.07) is 30.2. The van der Waals surface area contributed by atoms with Crippen molar-refractivity contribution in [2.45, 2.75) is 16.2 Å². The first kappa shape index (κ1) is 35.3. The predicted molar refractivity (Wildman–Crippen MR) is 177 cm³/mol. The molecule has 6 rings (SSSR count). The average molecular weight is 722 g/mol. The molecule has 0 atom stereocenters. The maximum absolute atomic E-state index is 13.2. The molecule has 256 valence electrons. The number of alkyl halides is 2. The van der Waals surface area contributed by atoms with Crippen LogP contribution in [0.25, 0.3) is 28.2 Å². The third-order valence-electron chi connectivity index (χ3n) is 6.96. The lowest BCUT2D eigenvalue weighted by atomic mass is 10.1. The van der Waals surface area contributed by atoms with Crippen LogP contribution in [-0.2, 0) is 20.0 Å². The van der Waals surface area contributed by atoms with E-state index in [1.54, 1.807) is 48.5 Å². The van der Waals surface area contributed by atoms with Gasteiger partial charge in [-0.15, -0.1) is 5.10 Å². The third kappa shape index (κ3) is 8.01. The van der Waals surface area contributed by atoms with E-state index in [2.05, 4.69) is 15.0 Å². The number of aromatic nitrogens is 4. The van der Waals surface area contributed by atoms with Gasteiger partial charge in [-0.1, -0.05) is 30.3 Å². The second kappa shape index (κ2) is 14.7. The molecule has 2 aromatic heterocycles. The largest absolute Gasteiger partial charge is 0.497 e. The molecule has 3 N–H and O–H groups in total. The van der Waals surface area contributed by atoms with E-state index in [1.165, 1.54) is 73.8 Å². The van der Waals surface area contributed by atoms with Crippen molar-refractivity contribution in [3.05, 3.63) is 132 Å². The van der Waals surface area contributed by atoms with Crippen molar-refractivity contribution >= 4 is 20.0 Å². The number of primary sulfonamides is 1. The average Bonchev–Trinajstić information content (AvgIpc) is 3.74. The molecular weight excluding hydrogens is 696 g/mol. The molecule has 0 saturated heterocycles. The highest BCUT2D eigenvalue weighted by Gasteiger charge is 2.22. The van der Waals surface area contributed by atoms with E-state index in [0.717, 1.165) is 9.47 Å². The van der Waals surface area contributed by atoms with E-state index in [9.17, 15) is 30.0 Å². The molecule has 6 aromatic rings. The van der Waals surface area contributed by atoms with Crippen LogP contribution in [0.5, 0.6) is 5.75 Å². The lowest BCUT2D eigenvalue weighted by Gasteiger charge is -2.11. The first-order valence-corrected chi connectivity index (χ1v) is 17.3. The standard InChI is InChI=1S/C17H15F2N3O3S.C16H11FN4O2S/c1-25-12-8-6-11(7-9-12)15-10-13(17(18)19)21-22(15)14-4-2-3-5-16(14)26(20,23)24;17-13-8-6-12(7-9-13)16-10-14(11-18)19-21(16)20-24(22,23)15-4-2-1-3-5-15/h2-10,17H,1H3,(H2,20,23,24);1-10,20H. The summed E-state index contributed by atoms with van der Waals surface area (Å²) in [6.07, 6.45) is -2.81.